The van der Waals surface area contributed by atoms with Gasteiger partial charge < -0.3 is 9.05 Å². The van der Waals surface area contributed by atoms with Crippen LogP contribution in [-0.4, -0.2) is 46.1 Å². The van der Waals surface area contributed by atoms with Crippen molar-refractivity contribution in [1.29, 1.82) is 0 Å². The summed E-state index contributed by atoms with van der Waals surface area (Å²) in [7, 11) is -1.57. The summed E-state index contributed by atoms with van der Waals surface area (Å²) in [5.74, 6) is -0.484. The second kappa shape index (κ2) is 7.76. The Morgan fingerprint density at radius 2 is 1.92 bits per heavy atom. The SMILES string of the molecule is CCOP(=O)(OCC)[C@@H]1C[C@@H](n2cc(-c3ccccc3)nn2)ON1C. The van der Waals surface area contributed by atoms with Gasteiger partial charge in [-0.3, -0.25) is 9.40 Å². The van der Waals surface area contributed by atoms with E-state index in [-0.39, 0.29) is 0 Å². The van der Waals surface area contributed by atoms with E-state index in [1.54, 1.807) is 30.6 Å². The van der Waals surface area contributed by atoms with Crippen LogP contribution in [0.4, 0.5) is 0 Å². The average Bonchev–Trinajstić information content (AvgIpc) is 3.23. The van der Waals surface area contributed by atoms with Crippen molar-refractivity contribution in [2.24, 2.45) is 0 Å². The first-order valence-electron chi connectivity index (χ1n) is 8.33. The molecule has 0 unspecified atom stereocenters. The lowest BCUT2D eigenvalue weighted by molar-refractivity contribution is -0.162. The molecule has 3 rings (SSSR count). The Balaban J connectivity index is 1.77. The van der Waals surface area contributed by atoms with Crippen LogP contribution in [-0.2, 0) is 18.5 Å². The van der Waals surface area contributed by atoms with Gasteiger partial charge in [0.1, 0.15) is 11.5 Å². The first-order valence-corrected chi connectivity index (χ1v) is 9.94. The van der Waals surface area contributed by atoms with E-state index in [9.17, 15) is 4.57 Å². The summed E-state index contributed by atoms with van der Waals surface area (Å²) in [5.41, 5.74) is 1.74. The van der Waals surface area contributed by atoms with Crippen molar-refractivity contribution in [2.75, 3.05) is 20.3 Å². The molecule has 0 radical (unpaired) electrons. The molecule has 136 valence electrons. The zero-order valence-electron chi connectivity index (χ0n) is 14.6. The highest BCUT2D eigenvalue weighted by Crippen LogP contribution is 2.58. The molecule has 0 N–H and O–H groups in total. The van der Waals surface area contributed by atoms with Gasteiger partial charge in [0.2, 0.25) is 0 Å². The zero-order valence-corrected chi connectivity index (χ0v) is 15.5. The number of nitrogens with zero attached hydrogens (tertiary/aromatic N) is 4. The predicted molar refractivity (Wildman–Crippen MR) is 92.6 cm³/mol. The Labute approximate surface area is 147 Å². The topological polar surface area (TPSA) is 78.7 Å². The molecule has 25 heavy (non-hydrogen) atoms. The quantitative estimate of drug-likeness (QED) is 0.696. The molecular weight excluding hydrogens is 343 g/mol. The molecule has 1 aliphatic heterocycles. The number of aromatic nitrogens is 3. The van der Waals surface area contributed by atoms with Gasteiger partial charge in [0.05, 0.1) is 19.4 Å². The predicted octanol–water partition coefficient (Wildman–Crippen LogP) is 3.30. The maximum atomic E-state index is 13.0. The van der Waals surface area contributed by atoms with Crippen molar-refractivity contribution in [1.82, 2.24) is 20.1 Å². The summed E-state index contributed by atoms with van der Waals surface area (Å²) in [6, 6.07) is 9.79. The maximum absolute atomic E-state index is 13.0. The molecule has 1 fully saturated rings. The number of benzene rings is 1. The highest BCUT2D eigenvalue weighted by atomic mass is 31.2. The van der Waals surface area contributed by atoms with Crippen molar-refractivity contribution in [3.63, 3.8) is 0 Å². The lowest BCUT2D eigenvalue weighted by atomic mass is 10.2. The first kappa shape index (κ1) is 18.2. The molecule has 1 aromatic heterocycles. The van der Waals surface area contributed by atoms with Crippen LogP contribution in [0.25, 0.3) is 11.3 Å². The highest BCUT2D eigenvalue weighted by Gasteiger charge is 2.46. The summed E-state index contributed by atoms with van der Waals surface area (Å²) in [5, 5.41) is 9.90. The van der Waals surface area contributed by atoms with Gasteiger partial charge in [-0.2, -0.15) is 5.06 Å². The second-order valence-electron chi connectivity index (χ2n) is 5.65. The molecule has 0 amide bonds. The average molecular weight is 366 g/mol. The third-order valence-corrected chi connectivity index (χ3v) is 6.48. The number of rotatable bonds is 7. The molecule has 0 saturated carbocycles. The Kier molecular flexibility index (Phi) is 5.66. The Hall–Kier alpha value is -1.57. The van der Waals surface area contributed by atoms with Gasteiger partial charge in [0.25, 0.3) is 0 Å². The molecule has 1 aromatic carbocycles. The lowest BCUT2D eigenvalue weighted by Gasteiger charge is -2.25. The molecule has 1 saturated heterocycles. The van der Waals surface area contributed by atoms with Crippen molar-refractivity contribution >= 4 is 7.60 Å². The summed E-state index contributed by atoms with van der Waals surface area (Å²) in [4.78, 5) is 5.81. The largest absolute Gasteiger partial charge is 0.350 e. The zero-order chi connectivity index (χ0) is 17.9. The van der Waals surface area contributed by atoms with Gasteiger partial charge in [-0.25, -0.2) is 4.68 Å². The van der Waals surface area contributed by atoms with Crippen LogP contribution in [0.2, 0.25) is 0 Å². The molecule has 0 spiro atoms. The van der Waals surface area contributed by atoms with Crippen LogP contribution >= 0.6 is 7.60 Å². The normalized spacial score (nSPS) is 21.7. The fourth-order valence-corrected chi connectivity index (χ4v) is 4.88. The van der Waals surface area contributed by atoms with Gasteiger partial charge in [0, 0.05) is 19.0 Å². The van der Waals surface area contributed by atoms with E-state index in [1.165, 1.54) is 0 Å². The van der Waals surface area contributed by atoms with E-state index in [2.05, 4.69) is 10.3 Å². The summed E-state index contributed by atoms with van der Waals surface area (Å²) in [6.07, 6.45) is 1.85. The van der Waals surface area contributed by atoms with Crippen LogP contribution in [0.3, 0.4) is 0 Å². The molecule has 0 bridgehead atoms. The fourth-order valence-electron chi connectivity index (χ4n) is 2.85. The van der Waals surface area contributed by atoms with Crippen LogP contribution in [0.5, 0.6) is 0 Å². The van der Waals surface area contributed by atoms with Crippen LogP contribution in [0, 0.1) is 0 Å². The Morgan fingerprint density at radius 3 is 2.56 bits per heavy atom. The first-order chi connectivity index (χ1) is 12.1. The molecule has 2 aromatic rings. The highest BCUT2D eigenvalue weighted by molar-refractivity contribution is 7.54. The smallest absolute Gasteiger partial charge is 0.308 e. The minimum atomic E-state index is -3.29. The molecule has 8 nitrogen and oxygen atoms in total. The van der Waals surface area contributed by atoms with Gasteiger partial charge >= 0.3 is 7.60 Å². The number of hydrogen-bond donors (Lipinski definition) is 0. The van der Waals surface area contributed by atoms with E-state index in [0.717, 1.165) is 11.3 Å². The number of hydrogen-bond acceptors (Lipinski definition) is 7. The van der Waals surface area contributed by atoms with Crippen molar-refractivity contribution < 1.29 is 18.5 Å². The van der Waals surface area contributed by atoms with Crippen molar-refractivity contribution in [2.45, 2.75) is 32.3 Å². The minimum absolute atomic E-state index is 0.313. The van der Waals surface area contributed by atoms with Gasteiger partial charge in [-0.15, -0.1) is 5.10 Å². The Morgan fingerprint density at radius 1 is 1.24 bits per heavy atom. The van der Waals surface area contributed by atoms with E-state index in [1.807, 2.05) is 36.5 Å². The van der Waals surface area contributed by atoms with E-state index in [4.69, 9.17) is 13.9 Å². The van der Waals surface area contributed by atoms with E-state index in [0.29, 0.717) is 19.6 Å². The monoisotopic (exact) mass is 366 g/mol. The van der Waals surface area contributed by atoms with Crippen molar-refractivity contribution in [3.05, 3.63) is 36.5 Å². The summed E-state index contributed by atoms with van der Waals surface area (Å²) >= 11 is 0. The summed E-state index contributed by atoms with van der Waals surface area (Å²) < 4.78 is 25.6. The molecule has 2 heterocycles. The third-order valence-electron chi connectivity index (χ3n) is 3.98. The van der Waals surface area contributed by atoms with Gasteiger partial charge in [-0.1, -0.05) is 35.5 Å². The van der Waals surface area contributed by atoms with E-state index >= 15 is 0 Å². The number of hydroxylamine groups is 2. The van der Waals surface area contributed by atoms with Gasteiger partial charge in [-0.05, 0) is 13.8 Å². The van der Waals surface area contributed by atoms with Crippen LogP contribution in [0.1, 0.15) is 26.5 Å². The lowest BCUT2D eigenvalue weighted by Crippen LogP contribution is -2.25. The standard InChI is InChI=1S/C16H23N4O4P/c1-4-22-25(21,23-5-2)16-11-15(24-19(16)3)20-12-14(17-18-20)13-9-7-6-8-10-13/h6-10,12,15-16H,4-5,11H2,1-3H3/t15-,16+/m0/s1. The molecule has 1 aliphatic rings. The van der Waals surface area contributed by atoms with Crippen LogP contribution < -0.4 is 0 Å². The molecule has 9 heteroatoms. The Bertz CT molecular complexity index is 729. The third kappa shape index (κ3) is 3.83. The van der Waals surface area contributed by atoms with Crippen molar-refractivity contribution in [3.8, 4) is 11.3 Å². The second-order valence-corrected chi connectivity index (χ2v) is 7.84. The van der Waals surface area contributed by atoms with E-state index < -0.39 is 19.6 Å². The van der Waals surface area contributed by atoms with Gasteiger partial charge in [0.15, 0.2) is 6.23 Å². The molecular formula is C16H23N4O4P. The minimum Gasteiger partial charge on any atom is -0.308 e. The molecule has 0 aliphatic carbocycles. The maximum Gasteiger partial charge on any atom is 0.350 e. The summed E-state index contributed by atoms with van der Waals surface area (Å²) in [6.45, 7) is 4.21. The van der Waals surface area contributed by atoms with Crippen LogP contribution in [0.15, 0.2) is 36.5 Å². The fraction of sp³-hybridized carbons (Fsp3) is 0.500. The molecule has 2 atom stereocenters.